The minimum Gasteiger partial charge on any atom is -0.463 e. The van der Waals surface area contributed by atoms with Crippen molar-refractivity contribution in [1.29, 1.82) is 0 Å². The van der Waals surface area contributed by atoms with Gasteiger partial charge in [0.05, 0.1) is 66.1 Å². The second-order valence-electron chi connectivity index (χ2n) is 19.2. The first-order chi connectivity index (χ1) is 39.7. The molecule has 4 N–H and O–H groups in total. The second kappa shape index (κ2) is 40.0. The van der Waals surface area contributed by atoms with Gasteiger partial charge in [0.1, 0.15) is 37.6 Å². The molecule has 2 saturated heterocycles. The number of hydrogen-bond donors (Lipinski definition) is 4. The Labute approximate surface area is 483 Å². The van der Waals surface area contributed by atoms with E-state index in [4.69, 9.17) is 66.3 Å². The largest absolute Gasteiger partial charge is 0.463 e. The van der Waals surface area contributed by atoms with Crippen LogP contribution in [0.4, 0.5) is 5.69 Å². The highest BCUT2D eigenvalue weighted by Gasteiger charge is 2.51. The normalized spacial score (nSPS) is 21.1. The smallest absolute Gasteiger partial charge is 0.303 e. The highest BCUT2D eigenvalue weighted by Crippen LogP contribution is 2.29. The van der Waals surface area contributed by atoms with Gasteiger partial charge >= 0.3 is 35.8 Å². The number of rotatable bonds is 39. The maximum Gasteiger partial charge on any atom is 0.303 e. The zero-order valence-electron chi connectivity index (χ0n) is 48.8. The van der Waals surface area contributed by atoms with Crippen LogP contribution in [-0.4, -0.2) is 207 Å². The number of amides is 4. The van der Waals surface area contributed by atoms with Crippen molar-refractivity contribution in [2.24, 2.45) is 0 Å². The summed E-state index contributed by atoms with van der Waals surface area (Å²) in [5.74, 6) is -5.80. The van der Waals surface area contributed by atoms with Gasteiger partial charge in [-0.2, -0.15) is 0 Å². The van der Waals surface area contributed by atoms with Crippen LogP contribution >= 0.6 is 0 Å². The summed E-state index contributed by atoms with van der Waals surface area (Å²) in [7, 11) is 0. The molecule has 4 amide bonds. The highest BCUT2D eigenvalue weighted by atomic mass is 16.7. The minimum atomic E-state index is -1.28. The molecule has 0 bridgehead atoms. The maximum absolute atomic E-state index is 13.4. The first-order valence-electron chi connectivity index (χ1n) is 27.8. The van der Waals surface area contributed by atoms with Crippen molar-refractivity contribution in [3.63, 3.8) is 0 Å². The second-order valence-corrected chi connectivity index (χ2v) is 19.2. The van der Waals surface area contributed by atoms with Crippen LogP contribution in [0.2, 0.25) is 0 Å². The molecule has 3 rings (SSSR count). The van der Waals surface area contributed by atoms with E-state index in [1.54, 1.807) is 0 Å². The molecule has 0 spiro atoms. The molecule has 0 aliphatic carbocycles. The lowest BCUT2D eigenvalue weighted by atomic mass is 9.96. The third kappa shape index (κ3) is 29.6. The topological polar surface area (TPSA) is 348 Å². The lowest BCUT2D eigenvalue weighted by molar-refractivity contribution is -0.279. The summed E-state index contributed by atoms with van der Waals surface area (Å²) in [4.78, 5) is 123. The summed E-state index contributed by atoms with van der Waals surface area (Å²) in [6.45, 7) is 10.8. The van der Waals surface area contributed by atoms with Gasteiger partial charge < -0.3 is 87.6 Å². The molecule has 1 aromatic rings. The van der Waals surface area contributed by atoms with E-state index in [2.05, 4.69) is 28.2 Å². The summed E-state index contributed by atoms with van der Waals surface area (Å²) in [6, 6.07) is 3.23. The number of anilines is 1. The van der Waals surface area contributed by atoms with Gasteiger partial charge in [-0.3, -0.25) is 47.9 Å². The molecule has 0 aromatic heterocycles. The number of unbranched alkanes of at least 4 members (excludes halogenated alkanes) is 5. The Kier molecular flexibility index (Phi) is 34.1. The molecule has 0 saturated carbocycles. The molecule has 2 heterocycles. The summed E-state index contributed by atoms with van der Waals surface area (Å²) < 4.78 is 77.7. The maximum atomic E-state index is 13.4. The van der Waals surface area contributed by atoms with Crippen molar-refractivity contribution < 1.29 is 114 Å². The van der Waals surface area contributed by atoms with Crippen LogP contribution in [0.1, 0.15) is 127 Å². The molecule has 1 aromatic carbocycles. The van der Waals surface area contributed by atoms with E-state index < -0.39 is 109 Å². The van der Waals surface area contributed by atoms with E-state index >= 15 is 0 Å². The first kappa shape index (κ1) is 70.9. The standard InChI is InChI=1S/C55H84N4O24/c1-9-10-11-12-13-14-15-47(67)59-43-29-41(53(68)56-16-18-70-20-22-72-24-26-74-48-31-44(78-37(5)63)50(79-38(6)64)45(82-48)32-76-35(3)61)28-42(30-43)54(69)57-17-19-71-21-23-73-25-27-75-55-49(58-34(2)60)52(81-40(8)66)51(80-39(7)65)46(83-55)33-77-36(4)62/h28-30,44-46,48-52,55H,9-27,31-33H2,1-8H3,(H,56,68)(H,57,69)(H,58,60)(H,59,67)/t44-,45-,46-,48?,49-,50-,51+,52-,55?/m1/s1. The predicted octanol–water partition coefficient (Wildman–Crippen LogP) is 2.13. The molecular formula is C55H84N4O24. The van der Waals surface area contributed by atoms with E-state index in [1.807, 2.05) is 0 Å². The number of nitrogens with one attached hydrogen (secondary N) is 4. The third-order valence-corrected chi connectivity index (χ3v) is 12.0. The number of ether oxygens (including phenoxy) is 14. The van der Waals surface area contributed by atoms with Crippen LogP contribution in [0.3, 0.4) is 0 Å². The van der Waals surface area contributed by atoms with Crippen molar-refractivity contribution in [1.82, 2.24) is 16.0 Å². The quantitative estimate of drug-likeness (QED) is 0.0417. The third-order valence-electron chi connectivity index (χ3n) is 12.0. The molecule has 2 unspecified atom stereocenters. The molecular weight excluding hydrogens is 1100 g/mol. The molecule has 2 aliphatic heterocycles. The lowest BCUT2D eigenvalue weighted by Crippen LogP contribution is -2.66. The van der Waals surface area contributed by atoms with Gasteiger partial charge in [0, 0.05) is 91.2 Å². The van der Waals surface area contributed by atoms with Gasteiger partial charge in [0.2, 0.25) is 11.8 Å². The predicted molar refractivity (Wildman–Crippen MR) is 288 cm³/mol. The minimum absolute atomic E-state index is 0.0174. The summed E-state index contributed by atoms with van der Waals surface area (Å²) >= 11 is 0. The van der Waals surface area contributed by atoms with Gasteiger partial charge in [-0.15, -0.1) is 0 Å². The van der Waals surface area contributed by atoms with Gasteiger partial charge in [0.25, 0.3) is 11.8 Å². The number of benzene rings is 1. The highest BCUT2D eigenvalue weighted by molar-refractivity contribution is 6.02. The molecule has 28 nitrogen and oxygen atoms in total. The van der Waals surface area contributed by atoms with Crippen molar-refractivity contribution in [2.45, 2.75) is 162 Å². The van der Waals surface area contributed by atoms with Crippen molar-refractivity contribution in [2.75, 3.05) is 97.7 Å². The number of hydrogen-bond acceptors (Lipinski definition) is 24. The Morgan fingerprint density at radius 3 is 1.49 bits per heavy atom. The summed E-state index contributed by atoms with van der Waals surface area (Å²) in [5.41, 5.74) is 0.493. The van der Waals surface area contributed by atoms with E-state index in [9.17, 15) is 47.9 Å². The van der Waals surface area contributed by atoms with Gasteiger partial charge in [0.15, 0.2) is 30.9 Å². The number of carbonyl (C=O) groups excluding carboxylic acids is 10. The van der Waals surface area contributed by atoms with E-state index in [1.165, 1.54) is 52.8 Å². The van der Waals surface area contributed by atoms with Crippen LogP contribution in [-0.2, 0) is 105 Å². The zero-order valence-corrected chi connectivity index (χ0v) is 48.8. The molecule has 468 valence electrons. The average molecular weight is 1190 g/mol. The van der Waals surface area contributed by atoms with Crippen LogP contribution in [0, 0.1) is 0 Å². The van der Waals surface area contributed by atoms with Crippen LogP contribution in [0.15, 0.2) is 18.2 Å². The molecule has 9 atom stereocenters. The Morgan fingerprint density at radius 2 is 0.976 bits per heavy atom. The Hall–Kier alpha value is -6.40. The van der Waals surface area contributed by atoms with Crippen LogP contribution in [0.5, 0.6) is 0 Å². The lowest BCUT2D eigenvalue weighted by Gasteiger charge is -2.44. The molecule has 28 heteroatoms. The van der Waals surface area contributed by atoms with E-state index in [-0.39, 0.29) is 128 Å². The summed E-state index contributed by atoms with van der Waals surface area (Å²) in [5, 5.41) is 10.9. The van der Waals surface area contributed by atoms with Crippen molar-refractivity contribution >= 4 is 65.1 Å². The number of esters is 6. The van der Waals surface area contributed by atoms with Crippen LogP contribution < -0.4 is 21.3 Å². The van der Waals surface area contributed by atoms with Gasteiger partial charge in [-0.25, -0.2) is 0 Å². The monoisotopic (exact) mass is 1180 g/mol. The number of carbonyl (C=O) groups is 10. The molecule has 83 heavy (non-hydrogen) atoms. The van der Waals surface area contributed by atoms with Crippen LogP contribution in [0.25, 0.3) is 0 Å². The first-order valence-corrected chi connectivity index (χ1v) is 27.8. The SMILES string of the molecule is CCCCCCCCC(=O)Nc1cc(C(=O)NCCOCCOCCOC2C[C@@H](OC(C)=O)[C@@H](OC(C)=O)[C@@H](COC(C)=O)O2)cc(C(=O)NCCOCCOCCOC2O[C@H](COC(C)=O)[C@H](OC(C)=O)[C@H](OC(C)=O)[C@H]2NC(C)=O)c1. The molecule has 2 aliphatic rings. The fourth-order valence-electron chi connectivity index (χ4n) is 8.47. The Bertz CT molecular complexity index is 2230. The van der Waals surface area contributed by atoms with E-state index in [0.29, 0.717) is 6.42 Å². The van der Waals surface area contributed by atoms with Crippen molar-refractivity contribution in [3.8, 4) is 0 Å². The van der Waals surface area contributed by atoms with E-state index in [0.717, 1.165) is 46.0 Å². The van der Waals surface area contributed by atoms with Gasteiger partial charge in [-0.05, 0) is 24.6 Å². The van der Waals surface area contributed by atoms with Crippen molar-refractivity contribution in [3.05, 3.63) is 29.3 Å². The summed E-state index contributed by atoms with van der Waals surface area (Å²) in [6.07, 6.45) is -2.51. The fraction of sp³-hybridized carbons (Fsp3) is 0.709. The average Bonchev–Trinajstić information content (AvgIpc) is 3.18. The zero-order chi connectivity index (χ0) is 61.1. The molecule has 0 radical (unpaired) electrons. The Morgan fingerprint density at radius 1 is 0.506 bits per heavy atom. The Balaban J connectivity index is 1.46. The van der Waals surface area contributed by atoms with Gasteiger partial charge in [-0.1, -0.05) is 39.0 Å². The fourth-order valence-corrected chi connectivity index (χ4v) is 8.47. The molecule has 2 fully saturated rings.